The Morgan fingerprint density at radius 1 is 1.41 bits per heavy atom. The predicted molar refractivity (Wildman–Crippen MR) is 60.5 cm³/mol. The van der Waals surface area contributed by atoms with Gasteiger partial charge in [0.1, 0.15) is 0 Å². The van der Waals surface area contributed by atoms with Crippen molar-refractivity contribution >= 4 is 11.9 Å². The molecular formula is C13H13NO3. The van der Waals surface area contributed by atoms with Gasteiger partial charge >= 0.3 is 5.97 Å². The number of rotatable bonds is 1. The van der Waals surface area contributed by atoms with Crippen molar-refractivity contribution in [3.8, 4) is 0 Å². The molecule has 0 saturated carbocycles. The van der Waals surface area contributed by atoms with Crippen molar-refractivity contribution in [2.75, 3.05) is 7.11 Å². The summed E-state index contributed by atoms with van der Waals surface area (Å²) in [6.45, 7) is 0. The van der Waals surface area contributed by atoms with Gasteiger partial charge in [-0.3, -0.25) is 4.79 Å². The number of fused-ring (bicyclic) bond motifs is 3. The molecular weight excluding hydrogens is 218 g/mol. The van der Waals surface area contributed by atoms with Crippen LogP contribution in [0.5, 0.6) is 0 Å². The van der Waals surface area contributed by atoms with Crippen LogP contribution in [0.25, 0.3) is 0 Å². The standard InChI is InChI=1S/C13H13NO3/c1-17-13(16)9-4-2-3-8-10(9)5-7-6-11(15)14-12(7)8/h2-4,7,12H,5-6H2,1H3,(H,14,15)/t7-,12?/m1/s1. The number of carbonyl (C=O) groups excluding carboxylic acids is 2. The monoisotopic (exact) mass is 231 g/mol. The molecule has 1 N–H and O–H groups in total. The first-order valence-electron chi connectivity index (χ1n) is 5.70. The molecule has 88 valence electrons. The third-order valence-corrected chi connectivity index (χ3v) is 3.65. The second-order valence-electron chi connectivity index (χ2n) is 4.58. The van der Waals surface area contributed by atoms with Gasteiger partial charge in [0.2, 0.25) is 5.91 Å². The third-order valence-electron chi connectivity index (χ3n) is 3.65. The zero-order valence-corrected chi connectivity index (χ0v) is 9.53. The number of nitrogens with one attached hydrogen (secondary N) is 1. The van der Waals surface area contributed by atoms with Gasteiger partial charge in [-0.15, -0.1) is 0 Å². The molecule has 17 heavy (non-hydrogen) atoms. The van der Waals surface area contributed by atoms with E-state index in [4.69, 9.17) is 4.74 Å². The first-order chi connectivity index (χ1) is 8.20. The fourth-order valence-electron chi connectivity index (χ4n) is 2.92. The van der Waals surface area contributed by atoms with Crippen molar-refractivity contribution in [3.05, 3.63) is 34.9 Å². The number of hydrogen-bond donors (Lipinski definition) is 1. The SMILES string of the molecule is COC(=O)c1cccc2c1C[C@@H]1CC(=O)NC21. The number of ether oxygens (including phenoxy) is 1. The highest BCUT2D eigenvalue weighted by atomic mass is 16.5. The van der Waals surface area contributed by atoms with Crippen LogP contribution in [-0.2, 0) is 16.0 Å². The molecule has 0 aromatic heterocycles. The molecule has 1 heterocycles. The molecule has 0 radical (unpaired) electrons. The Morgan fingerprint density at radius 3 is 3.00 bits per heavy atom. The summed E-state index contributed by atoms with van der Waals surface area (Å²) in [5.41, 5.74) is 2.74. The smallest absolute Gasteiger partial charge is 0.338 e. The van der Waals surface area contributed by atoms with Gasteiger partial charge in [0, 0.05) is 6.42 Å². The van der Waals surface area contributed by atoms with Crippen molar-refractivity contribution in [3.63, 3.8) is 0 Å². The van der Waals surface area contributed by atoms with Gasteiger partial charge in [0.05, 0.1) is 18.7 Å². The quantitative estimate of drug-likeness (QED) is 0.739. The summed E-state index contributed by atoms with van der Waals surface area (Å²) in [7, 11) is 1.39. The van der Waals surface area contributed by atoms with Gasteiger partial charge in [-0.2, -0.15) is 0 Å². The number of methoxy groups -OCH3 is 1. The van der Waals surface area contributed by atoms with Gasteiger partial charge < -0.3 is 10.1 Å². The molecule has 1 fully saturated rings. The predicted octanol–water partition coefficient (Wildman–Crippen LogP) is 1.21. The lowest BCUT2D eigenvalue weighted by Crippen LogP contribution is -2.18. The Labute approximate surface area is 99.0 Å². The average molecular weight is 231 g/mol. The van der Waals surface area contributed by atoms with Gasteiger partial charge in [-0.1, -0.05) is 12.1 Å². The van der Waals surface area contributed by atoms with Crippen LogP contribution < -0.4 is 5.32 Å². The Bertz CT molecular complexity index is 509. The van der Waals surface area contributed by atoms with E-state index in [9.17, 15) is 9.59 Å². The fourth-order valence-corrected chi connectivity index (χ4v) is 2.92. The van der Waals surface area contributed by atoms with Crippen molar-refractivity contribution in [1.29, 1.82) is 0 Å². The van der Waals surface area contributed by atoms with E-state index in [1.165, 1.54) is 7.11 Å². The topological polar surface area (TPSA) is 55.4 Å². The van der Waals surface area contributed by atoms with E-state index < -0.39 is 0 Å². The number of carbonyl (C=O) groups is 2. The lowest BCUT2D eigenvalue weighted by molar-refractivity contribution is -0.119. The number of esters is 1. The summed E-state index contributed by atoms with van der Waals surface area (Å²) in [5, 5.41) is 2.97. The molecule has 2 atom stereocenters. The molecule has 1 aliphatic heterocycles. The van der Waals surface area contributed by atoms with Gasteiger partial charge in [0.15, 0.2) is 0 Å². The number of benzene rings is 1. The van der Waals surface area contributed by atoms with E-state index >= 15 is 0 Å². The van der Waals surface area contributed by atoms with Gasteiger partial charge in [-0.05, 0) is 29.5 Å². The average Bonchev–Trinajstić information content (AvgIpc) is 2.83. The minimum atomic E-state index is -0.298. The molecule has 1 saturated heterocycles. The van der Waals surface area contributed by atoms with Crippen molar-refractivity contribution in [1.82, 2.24) is 5.32 Å². The zero-order chi connectivity index (χ0) is 12.0. The van der Waals surface area contributed by atoms with E-state index in [-0.39, 0.29) is 17.9 Å². The molecule has 1 aromatic rings. The molecule has 4 heteroatoms. The first kappa shape index (κ1) is 10.3. The molecule has 1 amide bonds. The highest BCUT2D eigenvalue weighted by Crippen LogP contribution is 2.42. The summed E-state index contributed by atoms with van der Waals surface area (Å²) in [4.78, 5) is 23.0. The largest absolute Gasteiger partial charge is 0.465 e. The molecule has 3 rings (SSSR count). The maximum Gasteiger partial charge on any atom is 0.338 e. The molecule has 0 spiro atoms. The molecule has 2 aliphatic rings. The normalized spacial score (nSPS) is 25.1. The number of amides is 1. The Hall–Kier alpha value is -1.84. The van der Waals surface area contributed by atoms with Crippen LogP contribution in [0.1, 0.15) is 33.9 Å². The summed E-state index contributed by atoms with van der Waals surface area (Å²) >= 11 is 0. The van der Waals surface area contributed by atoms with Crippen LogP contribution in [0.3, 0.4) is 0 Å². The number of hydrogen-bond acceptors (Lipinski definition) is 3. The van der Waals surface area contributed by atoms with Crippen molar-refractivity contribution < 1.29 is 14.3 Å². The Balaban J connectivity index is 2.05. The Morgan fingerprint density at radius 2 is 2.24 bits per heavy atom. The lowest BCUT2D eigenvalue weighted by Gasteiger charge is -2.10. The fraction of sp³-hybridized carbons (Fsp3) is 0.385. The van der Waals surface area contributed by atoms with Crippen LogP contribution >= 0.6 is 0 Å². The Kier molecular flexibility index (Phi) is 2.18. The minimum Gasteiger partial charge on any atom is -0.465 e. The van der Waals surface area contributed by atoms with Gasteiger partial charge in [-0.25, -0.2) is 4.79 Å². The third kappa shape index (κ3) is 1.44. The maximum atomic E-state index is 11.6. The van der Waals surface area contributed by atoms with E-state index in [1.54, 1.807) is 6.07 Å². The van der Waals surface area contributed by atoms with E-state index in [0.29, 0.717) is 17.9 Å². The molecule has 1 aromatic carbocycles. The molecule has 1 aliphatic carbocycles. The summed E-state index contributed by atoms with van der Waals surface area (Å²) in [5.74, 6) is 0.102. The maximum absolute atomic E-state index is 11.6. The highest BCUT2D eigenvalue weighted by molar-refractivity contribution is 5.92. The van der Waals surface area contributed by atoms with Crippen molar-refractivity contribution in [2.24, 2.45) is 5.92 Å². The molecule has 1 unspecified atom stereocenters. The van der Waals surface area contributed by atoms with Crippen LogP contribution in [-0.4, -0.2) is 19.0 Å². The summed E-state index contributed by atoms with van der Waals surface area (Å²) in [6.07, 6.45) is 1.34. The summed E-state index contributed by atoms with van der Waals surface area (Å²) < 4.78 is 4.78. The minimum absolute atomic E-state index is 0.0853. The summed E-state index contributed by atoms with van der Waals surface area (Å²) in [6, 6.07) is 5.70. The zero-order valence-electron chi connectivity index (χ0n) is 9.53. The molecule has 4 nitrogen and oxygen atoms in total. The van der Waals surface area contributed by atoms with E-state index in [0.717, 1.165) is 17.5 Å². The van der Waals surface area contributed by atoms with Crippen LogP contribution in [0.15, 0.2) is 18.2 Å². The van der Waals surface area contributed by atoms with Crippen LogP contribution in [0.2, 0.25) is 0 Å². The second-order valence-corrected chi connectivity index (χ2v) is 4.58. The van der Waals surface area contributed by atoms with E-state index in [1.807, 2.05) is 12.1 Å². The van der Waals surface area contributed by atoms with E-state index in [2.05, 4.69) is 5.32 Å². The highest BCUT2D eigenvalue weighted by Gasteiger charge is 2.41. The second kappa shape index (κ2) is 3.58. The lowest BCUT2D eigenvalue weighted by atomic mass is 10.0. The first-order valence-corrected chi connectivity index (χ1v) is 5.70. The molecule has 0 bridgehead atoms. The van der Waals surface area contributed by atoms with Crippen LogP contribution in [0, 0.1) is 5.92 Å². The van der Waals surface area contributed by atoms with Crippen molar-refractivity contribution in [2.45, 2.75) is 18.9 Å². The van der Waals surface area contributed by atoms with Crippen LogP contribution in [0.4, 0.5) is 0 Å². The van der Waals surface area contributed by atoms with Gasteiger partial charge in [0.25, 0.3) is 0 Å².